The second-order valence-electron chi connectivity index (χ2n) is 6.04. The number of nitrogens with one attached hydrogen (secondary N) is 1. The number of pyridine rings is 1. The van der Waals surface area contributed by atoms with Gasteiger partial charge in [-0.25, -0.2) is 14.2 Å². The number of isocyanates is 1. The summed E-state index contributed by atoms with van der Waals surface area (Å²) >= 11 is 0. The van der Waals surface area contributed by atoms with Crippen LogP contribution in [0.4, 0.5) is 16.2 Å². The first-order chi connectivity index (χ1) is 12.7. The van der Waals surface area contributed by atoms with Gasteiger partial charge in [-0.1, -0.05) is 0 Å². The standard InChI is InChI=1S/C20H23N3O3/c1-17-7-6-13-23(15-17)12-4-2-3-5-14-26-20(25)22-19-10-8-18(9-11-19)21-16-24/h6-11,13,15H,2-5,12,14H2,1H3/p+1. The summed E-state index contributed by atoms with van der Waals surface area (Å²) in [6.07, 6.45) is 9.29. The number of benzene rings is 1. The highest BCUT2D eigenvalue weighted by atomic mass is 16.5. The number of carbonyl (C=O) groups excluding carboxylic acids is 2. The van der Waals surface area contributed by atoms with Gasteiger partial charge in [0.2, 0.25) is 6.08 Å². The lowest BCUT2D eigenvalue weighted by Gasteiger charge is -2.07. The summed E-state index contributed by atoms with van der Waals surface area (Å²) in [6.45, 7) is 3.50. The van der Waals surface area contributed by atoms with Crippen LogP contribution in [0.3, 0.4) is 0 Å². The van der Waals surface area contributed by atoms with E-state index in [4.69, 9.17) is 4.74 Å². The molecule has 0 fully saturated rings. The zero-order valence-electron chi connectivity index (χ0n) is 15.0. The molecule has 0 atom stereocenters. The Morgan fingerprint density at radius 1 is 1.15 bits per heavy atom. The molecule has 26 heavy (non-hydrogen) atoms. The topological polar surface area (TPSA) is 71.6 Å². The number of unbranched alkanes of at least 4 members (excludes halogenated alkanes) is 3. The Kier molecular flexibility index (Phi) is 8.03. The molecule has 0 saturated carbocycles. The van der Waals surface area contributed by atoms with Crippen LogP contribution in [-0.2, 0) is 16.1 Å². The Labute approximate surface area is 153 Å². The molecule has 6 nitrogen and oxygen atoms in total. The molecule has 0 aliphatic carbocycles. The summed E-state index contributed by atoms with van der Waals surface area (Å²) in [5.41, 5.74) is 2.34. The Morgan fingerprint density at radius 2 is 1.92 bits per heavy atom. The molecule has 0 aliphatic heterocycles. The maximum Gasteiger partial charge on any atom is 0.411 e. The molecule has 1 aromatic carbocycles. The number of aliphatic imine (C=N–C) groups is 1. The van der Waals surface area contributed by atoms with E-state index in [1.54, 1.807) is 24.3 Å². The van der Waals surface area contributed by atoms with Crippen LogP contribution < -0.4 is 9.88 Å². The minimum Gasteiger partial charge on any atom is -0.449 e. The van der Waals surface area contributed by atoms with Crippen LogP contribution in [0.5, 0.6) is 0 Å². The SMILES string of the molecule is Cc1ccc[n+](CCCCCCOC(=O)Nc2ccc(N=C=O)cc2)c1. The van der Waals surface area contributed by atoms with E-state index in [1.807, 2.05) is 0 Å². The van der Waals surface area contributed by atoms with E-state index < -0.39 is 6.09 Å². The summed E-state index contributed by atoms with van der Waals surface area (Å²) in [6, 6.07) is 10.7. The minimum atomic E-state index is -0.480. The van der Waals surface area contributed by atoms with Crippen molar-refractivity contribution < 1.29 is 18.9 Å². The third-order valence-corrected chi connectivity index (χ3v) is 3.84. The molecule has 1 N–H and O–H groups in total. The molecule has 2 rings (SSSR count). The molecule has 1 amide bonds. The van der Waals surface area contributed by atoms with Gasteiger partial charge in [-0.2, -0.15) is 4.99 Å². The van der Waals surface area contributed by atoms with E-state index in [0.717, 1.165) is 32.2 Å². The van der Waals surface area contributed by atoms with Gasteiger partial charge in [-0.05, 0) is 56.5 Å². The average Bonchev–Trinajstić information content (AvgIpc) is 2.63. The van der Waals surface area contributed by atoms with Gasteiger partial charge in [-0.15, -0.1) is 0 Å². The van der Waals surface area contributed by atoms with Crippen LogP contribution in [0.25, 0.3) is 0 Å². The van der Waals surface area contributed by atoms with Gasteiger partial charge in [0.25, 0.3) is 0 Å². The van der Waals surface area contributed by atoms with Crippen molar-refractivity contribution in [3.63, 3.8) is 0 Å². The lowest BCUT2D eigenvalue weighted by atomic mass is 10.2. The third-order valence-electron chi connectivity index (χ3n) is 3.84. The molecule has 0 saturated heterocycles. The summed E-state index contributed by atoms with van der Waals surface area (Å²) in [5.74, 6) is 0. The minimum absolute atomic E-state index is 0.400. The van der Waals surface area contributed by atoms with Crippen molar-refractivity contribution in [3.05, 3.63) is 54.4 Å². The van der Waals surface area contributed by atoms with Crippen molar-refractivity contribution >= 4 is 23.5 Å². The van der Waals surface area contributed by atoms with Gasteiger partial charge in [-0.3, -0.25) is 5.32 Å². The Balaban J connectivity index is 1.55. The summed E-state index contributed by atoms with van der Waals surface area (Å²) in [7, 11) is 0. The quantitative estimate of drug-likeness (QED) is 0.319. The third kappa shape index (κ3) is 7.28. The van der Waals surface area contributed by atoms with E-state index >= 15 is 0 Å². The first kappa shape index (κ1) is 19.3. The second-order valence-corrected chi connectivity index (χ2v) is 6.04. The van der Waals surface area contributed by atoms with E-state index in [1.165, 1.54) is 11.6 Å². The predicted octanol–water partition coefficient (Wildman–Crippen LogP) is 4.06. The highest BCUT2D eigenvalue weighted by Gasteiger charge is 2.04. The number of aromatic nitrogens is 1. The first-order valence-corrected chi connectivity index (χ1v) is 8.75. The smallest absolute Gasteiger partial charge is 0.411 e. The zero-order chi connectivity index (χ0) is 18.6. The maximum absolute atomic E-state index is 11.7. The van der Waals surface area contributed by atoms with Crippen molar-refractivity contribution in [1.82, 2.24) is 0 Å². The average molecular weight is 354 g/mol. The molecule has 136 valence electrons. The molecule has 0 unspecified atom stereocenters. The number of anilines is 1. The fourth-order valence-corrected chi connectivity index (χ4v) is 2.53. The largest absolute Gasteiger partial charge is 0.449 e. The van der Waals surface area contributed by atoms with E-state index in [0.29, 0.717) is 18.0 Å². The normalized spacial score (nSPS) is 10.0. The molecule has 1 aromatic heterocycles. The number of carbonyl (C=O) groups is 1. The van der Waals surface area contributed by atoms with Crippen LogP contribution in [0.15, 0.2) is 53.8 Å². The molecule has 2 aromatic rings. The summed E-state index contributed by atoms with van der Waals surface area (Å²) in [5, 5.41) is 2.64. The fraction of sp³-hybridized carbons (Fsp3) is 0.350. The zero-order valence-corrected chi connectivity index (χ0v) is 15.0. The number of hydrogen-bond acceptors (Lipinski definition) is 4. The lowest BCUT2D eigenvalue weighted by Crippen LogP contribution is -2.32. The van der Waals surface area contributed by atoms with Crippen molar-refractivity contribution in [2.45, 2.75) is 39.2 Å². The van der Waals surface area contributed by atoms with E-state index in [2.05, 4.69) is 46.3 Å². The van der Waals surface area contributed by atoms with Crippen molar-refractivity contribution in [2.24, 2.45) is 4.99 Å². The molecular weight excluding hydrogens is 330 g/mol. The van der Waals surface area contributed by atoms with Gasteiger partial charge in [0.05, 0.1) is 12.3 Å². The second kappa shape index (κ2) is 10.8. The Bertz CT molecular complexity index is 753. The maximum atomic E-state index is 11.7. The van der Waals surface area contributed by atoms with Gasteiger partial charge >= 0.3 is 6.09 Å². The van der Waals surface area contributed by atoms with Gasteiger partial charge < -0.3 is 4.74 Å². The van der Waals surface area contributed by atoms with Gasteiger partial charge in [0, 0.05) is 23.7 Å². The van der Waals surface area contributed by atoms with Crippen LogP contribution >= 0.6 is 0 Å². The van der Waals surface area contributed by atoms with Crippen LogP contribution in [-0.4, -0.2) is 18.8 Å². The molecular formula is C20H24N3O3+. The van der Waals surface area contributed by atoms with Crippen LogP contribution in [0, 0.1) is 6.92 Å². The number of ether oxygens (including phenoxy) is 1. The molecule has 0 aliphatic rings. The van der Waals surface area contributed by atoms with Gasteiger partial charge in [0.15, 0.2) is 12.4 Å². The predicted molar refractivity (Wildman–Crippen MR) is 99.0 cm³/mol. The Hall–Kier alpha value is -2.98. The Morgan fingerprint density at radius 3 is 2.65 bits per heavy atom. The summed E-state index contributed by atoms with van der Waals surface area (Å²) < 4.78 is 7.36. The molecule has 0 radical (unpaired) electrons. The van der Waals surface area contributed by atoms with E-state index in [-0.39, 0.29) is 0 Å². The number of hydrogen-bond donors (Lipinski definition) is 1. The number of rotatable bonds is 9. The molecule has 0 bridgehead atoms. The lowest BCUT2D eigenvalue weighted by molar-refractivity contribution is -0.697. The monoisotopic (exact) mass is 354 g/mol. The van der Waals surface area contributed by atoms with E-state index in [9.17, 15) is 9.59 Å². The highest BCUT2D eigenvalue weighted by molar-refractivity contribution is 5.84. The highest BCUT2D eigenvalue weighted by Crippen LogP contribution is 2.15. The molecule has 0 spiro atoms. The summed E-state index contributed by atoms with van der Waals surface area (Å²) in [4.78, 5) is 25.3. The van der Waals surface area contributed by atoms with Gasteiger partial charge in [0.1, 0.15) is 6.54 Å². The number of aryl methyl sites for hydroxylation is 2. The molecule has 6 heteroatoms. The van der Waals surface area contributed by atoms with Crippen LogP contribution in [0.1, 0.15) is 31.2 Å². The van der Waals surface area contributed by atoms with Crippen molar-refractivity contribution in [3.8, 4) is 0 Å². The first-order valence-electron chi connectivity index (χ1n) is 8.75. The number of amides is 1. The van der Waals surface area contributed by atoms with Crippen LogP contribution in [0.2, 0.25) is 0 Å². The molecule has 1 heterocycles. The van der Waals surface area contributed by atoms with Crippen molar-refractivity contribution in [1.29, 1.82) is 0 Å². The fourth-order valence-electron chi connectivity index (χ4n) is 2.53. The number of nitrogens with zero attached hydrogens (tertiary/aromatic N) is 2. The van der Waals surface area contributed by atoms with Crippen molar-refractivity contribution in [2.75, 3.05) is 11.9 Å².